The van der Waals surface area contributed by atoms with Gasteiger partial charge in [0.15, 0.2) is 5.78 Å². The number of rotatable bonds is 9. The Morgan fingerprint density at radius 3 is 2.48 bits per heavy atom. The van der Waals surface area contributed by atoms with Gasteiger partial charge < -0.3 is 16.0 Å². The summed E-state index contributed by atoms with van der Waals surface area (Å²) in [5.74, 6) is 1.13. The Morgan fingerprint density at radius 2 is 1.74 bits per heavy atom. The smallest absolute Gasteiger partial charge is 0.227 e. The van der Waals surface area contributed by atoms with Crippen molar-refractivity contribution in [3.05, 3.63) is 59.7 Å². The lowest BCUT2D eigenvalue weighted by atomic mass is 9.89. The largest absolute Gasteiger partial charge is 0.399 e. The van der Waals surface area contributed by atoms with Gasteiger partial charge in [-0.3, -0.25) is 9.59 Å². The molecule has 0 aromatic heterocycles. The fraction of sp³-hybridized carbons (Fsp3) is 0.462. The third-order valence-corrected chi connectivity index (χ3v) is 6.50. The molecule has 2 aliphatic rings. The predicted octanol–water partition coefficient (Wildman–Crippen LogP) is 4.85. The van der Waals surface area contributed by atoms with E-state index in [0.29, 0.717) is 18.0 Å². The second-order valence-electron chi connectivity index (χ2n) is 9.01. The lowest BCUT2D eigenvalue weighted by molar-refractivity contribution is -0.117. The lowest BCUT2D eigenvalue weighted by Crippen LogP contribution is -2.33. The van der Waals surface area contributed by atoms with Crippen LogP contribution >= 0.6 is 0 Å². The summed E-state index contributed by atoms with van der Waals surface area (Å²) in [6.45, 7) is 3.23. The highest BCUT2D eigenvalue weighted by atomic mass is 16.2. The van der Waals surface area contributed by atoms with Gasteiger partial charge in [0.05, 0.1) is 0 Å². The van der Waals surface area contributed by atoms with Gasteiger partial charge in [-0.25, -0.2) is 0 Å². The van der Waals surface area contributed by atoms with E-state index in [1.165, 1.54) is 5.56 Å². The quantitative estimate of drug-likeness (QED) is 0.346. The molecule has 0 bridgehead atoms. The van der Waals surface area contributed by atoms with Crippen LogP contribution in [0.4, 0.5) is 11.4 Å². The zero-order chi connectivity index (χ0) is 21.6. The van der Waals surface area contributed by atoms with Crippen molar-refractivity contribution in [1.82, 2.24) is 4.90 Å². The first-order chi connectivity index (χ1) is 15.1. The molecule has 2 aromatic carbocycles. The Labute approximate surface area is 185 Å². The van der Waals surface area contributed by atoms with Gasteiger partial charge in [-0.15, -0.1) is 0 Å². The van der Waals surface area contributed by atoms with Gasteiger partial charge in [-0.05, 0) is 93.9 Å². The number of hydrogen-bond donors (Lipinski definition) is 2. The molecule has 5 nitrogen and oxygen atoms in total. The van der Waals surface area contributed by atoms with E-state index in [1.807, 2.05) is 18.2 Å². The molecule has 0 atom stereocenters. The summed E-state index contributed by atoms with van der Waals surface area (Å²) < 4.78 is 0. The molecule has 31 heavy (non-hydrogen) atoms. The van der Waals surface area contributed by atoms with Crippen molar-refractivity contribution in [2.24, 2.45) is 5.92 Å². The molecule has 1 saturated heterocycles. The van der Waals surface area contributed by atoms with Crippen molar-refractivity contribution in [2.45, 2.75) is 50.9 Å². The minimum Gasteiger partial charge on any atom is -0.399 e. The van der Waals surface area contributed by atoms with Gasteiger partial charge in [0, 0.05) is 29.3 Å². The van der Waals surface area contributed by atoms with Gasteiger partial charge in [-0.2, -0.15) is 0 Å². The van der Waals surface area contributed by atoms with Crippen molar-refractivity contribution in [3.63, 3.8) is 0 Å². The lowest BCUT2D eigenvalue weighted by Gasteiger charge is -2.32. The average Bonchev–Trinajstić information content (AvgIpc) is 3.63. The molecule has 0 unspecified atom stereocenters. The second-order valence-corrected chi connectivity index (χ2v) is 9.01. The predicted molar refractivity (Wildman–Crippen MR) is 125 cm³/mol. The Morgan fingerprint density at radius 1 is 0.968 bits per heavy atom. The standard InChI is InChI=1S/C26H33N3O2/c27-23-7-3-6-22(17-23)25(30)9-1-2-14-29-15-12-19(13-16-29)21-5-4-8-24(18-21)28-26(31)20-10-11-20/h3-8,17-20H,1-2,9-16,27H2,(H,28,31). The first-order valence-electron chi connectivity index (χ1n) is 11.6. The molecule has 2 fully saturated rings. The minimum absolute atomic E-state index is 0.168. The normalized spacial score (nSPS) is 17.4. The summed E-state index contributed by atoms with van der Waals surface area (Å²) in [5.41, 5.74) is 9.40. The number of hydrogen-bond acceptors (Lipinski definition) is 4. The Bertz CT molecular complexity index is 914. The van der Waals surface area contributed by atoms with E-state index in [2.05, 4.69) is 28.4 Å². The van der Waals surface area contributed by atoms with Crippen LogP contribution in [0, 0.1) is 5.92 Å². The van der Waals surface area contributed by atoms with Gasteiger partial charge >= 0.3 is 0 Å². The third-order valence-electron chi connectivity index (χ3n) is 6.50. The number of carbonyl (C=O) groups excluding carboxylic acids is 2. The molecule has 5 heteroatoms. The summed E-state index contributed by atoms with van der Waals surface area (Å²) >= 11 is 0. The number of piperidine rings is 1. The number of amides is 1. The van der Waals surface area contributed by atoms with Crippen LogP contribution in [0.15, 0.2) is 48.5 Å². The minimum atomic E-state index is 0.168. The van der Waals surface area contributed by atoms with Gasteiger partial charge in [0.2, 0.25) is 5.91 Å². The van der Waals surface area contributed by atoms with Crippen molar-refractivity contribution in [2.75, 3.05) is 30.7 Å². The van der Waals surface area contributed by atoms with Crippen LogP contribution in [0.5, 0.6) is 0 Å². The second kappa shape index (κ2) is 10.1. The molecule has 1 aliphatic carbocycles. The van der Waals surface area contributed by atoms with E-state index < -0.39 is 0 Å². The van der Waals surface area contributed by atoms with Crippen LogP contribution in [0.2, 0.25) is 0 Å². The Kier molecular flexibility index (Phi) is 7.03. The fourth-order valence-corrected chi connectivity index (χ4v) is 4.43. The van der Waals surface area contributed by atoms with Gasteiger partial charge in [-0.1, -0.05) is 24.3 Å². The zero-order valence-corrected chi connectivity index (χ0v) is 18.2. The number of Topliss-reactive ketones (excluding diaryl/α,β-unsaturated/α-hetero) is 1. The number of anilines is 2. The van der Waals surface area contributed by atoms with Crippen molar-refractivity contribution >= 4 is 23.1 Å². The summed E-state index contributed by atoms with van der Waals surface area (Å²) in [7, 11) is 0. The van der Waals surface area contributed by atoms with E-state index in [1.54, 1.807) is 12.1 Å². The van der Waals surface area contributed by atoms with Gasteiger partial charge in [0.25, 0.3) is 0 Å². The maximum absolute atomic E-state index is 12.3. The number of benzene rings is 2. The molecule has 2 aromatic rings. The number of nitrogens with one attached hydrogen (secondary N) is 1. The number of nitrogens with two attached hydrogens (primary N) is 1. The maximum Gasteiger partial charge on any atom is 0.227 e. The van der Waals surface area contributed by atoms with Crippen molar-refractivity contribution < 1.29 is 9.59 Å². The first kappa shape index (κ1) is 21.6. The maximum atomic E-state index is 12.3. The van der Waals surface area contributed by atoms with Crippen LogP contribution in [0.25, 0.3) is 0 Å². The topological polar surface area (TPSA) is 75.4 Å². The highest BCUT2D eigenvalue weighted by Gasteiger charge is 2.29. The van der Waals surface area contributed by atoms with E-state index in [-0.39, 0.29) is 17.6 Å². The molecule has 1 aliphatic heterocycles. The molecular weight excluding hydrogens is 386 g/mol. The average molecular weight is 420 g/mol. The monoisotopic (exact) mass is 419 g/mol. The molecule has 164 valence electrons. The first-order valence-corrected chi connectivity index (χ1v) is 11.6. The number of nitrogens with zero attached hydrogens (tertiary/aromatic N) is 1. The number of carbonyl (C=O) groups is 2. The molecule has 1 heterocycles. The van der Waals surface area contributed by atoms with Crippen LogP contribution in [-0.2, 0) is 4.79 Å². The van der Waals surface area contributed by atoms with Crippen LogP contribution in [0.3, 0.4) is 0 Å². The van der Waals surface area contributed by atoms with Crippen LogP contribution in [0.1, 0.15) is 66.8 Å². The molecule has 1 saturated carbocycles. The van der Waals surface area contributed by atoms with Crippen LogP contribution in [-0.4, -0.2) is 36.2 Å². The van der Waals surface area contributed by atoms with E-state index in [4.69, 9.17) is 5.73 Å². The number of likely N-dealkylation sites (tertiary alicyclic amines) is 1. The van der Waals surface area contributed by atoms with Crippen molar-refractivity contribution in [1.29, 1.82) is 0 Å². The van der Waals surface area contributed by atoms with Crippen LogP contribution < -0.4 is 11.1 Å². The molecule has 3 N–H and O–H groups in total. The molecule has 0 radical (unpaired) electrons. The summed E-state index contributed by atoms with van der Waals surface area (Å²) in [6, 6.07) is 15.6. The van der Waals surface area contributed by atoms with Gasteiger partial charge in [0.1, 0.15) is 0 Å². The Balaban J connectivity index is 1.17. The van der Waals surface area contributed by atoms with Crippen molar-refractivity contribution in [3.8, 4) is 0 Å². The number of ketones is 1. The molecule has 4 rings (SSSR count). The SMILES string of the molecule is Nc1cccc(C(=O)CCCCN2CCC(c3cccc(NC(=O)C4CC4)c3)CC2)c1. The molecule has 0 spiro atoms. The Hall–Kier alpha value is -2.66. The molecule has 1 amide bonds. The van der Waals surface area contributed by atoms with E-state index >= 15 is 0 Å². The summed E-state index contributed by atoms with van der Waals surface area (Å²) in [6.07, 6.45) is 6.87. The number of unbranched alkanes of at least 4 members (excludes halogenated alkanes) is 1. The summed E-state index contributed by atoms with van der Waals surface area (Å²) in [5, 5.41) is 3.07. The number of nitrogen functional groups attached to an aromatic ring is 1. The molecular formula is C26H33N3O2. The fourth-order valence-electron chi connectivity index (χ4n) is 4.43. The highest BCUT2D eigenvalue weighted by molar-refractivity contribution is 5.96. The van der Waals surface area contributed by atoms with E-state index in [0.717, 1.165) is 69.4 Å². The summed E-state index contributed by atoms with van der Waals surface area (Å²) in [4.78, 5) is 26.8. The zero-order valence-electron chi connectivity index (χ0n) is 18.2. The van der Waals surface area contributed by atoms with E-state index in [9.17, 15) is 9.59 Å². The highest BCUT2D eigenvalue weighted by Crippen LogP contribution is 2.32. The third kappa shape index (κ3) is 6.17.